The summed E-state index contributed by atoms with van der Waals surface area (Å²) in [6, 6.07) is 5.48. The van der Waals surface area contributed by atoms with Crippen molar-refractivity contribution in [1.82, 2.24) is 15.1 Å². The first-order valence-corrected chi connectivity index (χ1v) is 8.52. The monoisotopic (exact) mass is 407 g/mol. The van der Waals surface area contributed by atoms with Gasteiger partial charge in [-0.1, -0.05) is 16.8 Å². The summed E-state index contributed by atoms with van der Waals surface area (Å²) in [4.78, 5) is 18.8. The standard InChI is InChI=1S/C18H15ClFN3O5/c1-9(2)27-18-12(19)5-11(7-21-18)17-22-16(23-28-17)10-3-4-14(13(20)6-10)26-8-15(24)25/h3-7,9H,8H2,1-2H3,(H,24,25). The van der Waals surface area contributed by atoms with Gasteiger partial charge in [0.1, 0.15) is 5.02 Å². The third-order valence-corrected chi connectivity index (χ3v) is 3.64. The van der Waals surface area contributed by atoms with Crippen molar-refractivity contribution in [3.63, 3.8) is 0 Å². The number of carboxylic acid groups (broad SMARTS) is 1. The van der Waals surface area contributed by atoms with E-state index in [1.807, 2.05) is 13.8 Å². The fourth-order valence-electron chi connectivity index (χ4n) is 2.21. The molecule has 0 fully saturated rings. The summed E-state index contributed by atoms with van der Waals surface area (Å²) in [5.74, 6) is -1.57. The third kappa shape index (κ3) is 4.55. The maximum absolute atomic E-state index is 14.1. The highest BCUT2D eigenvalue weighted by atomic mass is 35.5. The molecule has 0 amide bonds. The van der Waals surface area contributed by atoms with Crippen molar-refractivity contribution in [2.45, 2.75) is 20.0 Å². The average Bonchev–Trinajstić information content (AvgIpc) is 3.12. The molecule has 0 spiro atoms. The Kier molecular flexibility index (Phi) is 5.74. The second kappa shape index (κ2) is 8.22. The number of hydrogen-bond acceptors (Lipinski definition) is 7. The minimum absolute atomic E-state index is 0.0804. The van der Waals surface area contributed by atoms with Gasteiger partial charge in [0, 0.05) is 11.8 Å². The quantitative estimate of drug-likeness (QED) is 0.629. The van der Waals surface area contributed by atoms with Crippen molar-refractivity contribution in [2.75, 3.05) is 6.61 Å². The van der Waals surface area contributed by atoms with Gasteiger partial charge in [-0.15, -0.1) is 0 Å². The van der Waals surface area contributed by atoms with Crippen LogP contribution in [0.25, 0.3) is 22.8 Å². The summed E-state index contributed by atoms with van der Waals surface area (Å²) < 4.78 is 29.6. The average molecular weight is 408 g/mol. The number of hydrogen-bond donors (Lipinski definition) is 1. The molecule has 0 radical (unpaired) electrons. The first-order valence-electron chi connectivity index (χ1n) is 8.14. The normalized spacial score (nSPS) is 10.9. The number of nitrogens with zero attached hydrogens (tertiary/aromatic N) is 3. The zero-order valence-electron chi connectivity index (χ0n) is 14.8. The highest BCUT2D eigenvalue weighted by Gasteiger charge is 2.16. The molecular weight excluding hydrogens is 393 g/mol. The van der Waals surface area contributed by atoms with Gasteiger partial charge in [-0.3, -0.25) is 0 Å². The lowest BCUT2D eigenvalue weighted by molar-refractivity contribution is -0.139. The largest absolute Gasteiger partial charge is 0.479 e. The number of aliphatic carboxylic acids is 1. The molecule has 0 aliphatic rings. The molecule has 0 atom stereocenters. The fraction of sp³-hybridized carbons (Fsp3) is 0.222. The van der Waals surface area contributed by atoms with E-state index < -0.39 is 18.4 Å². The lowest BCUT2D eigenvalue weighted by Crippen LogP contribution is -2.10. The molecule has 0 aliphatic carbocycles. The molecule has 0 aliphatic heterocycles. The van der Waals surface area contributed by atoms with Gasteiger partial charge in [0.2, 0.25) is 11.7 Å². The Morgan fingerprint density at radius 2 is 2.11 bits per heavy atom. The Balaban J connectivity index is 1.81. The van der Waals surface area contributed by atoms with Crippen LogP contribution in [-0.4, -0.2) is 38.9 Å². The number of benzene rings is 1. The van der Waals surface area contributed by atoms with E-state index in [4.69, 9.17) is 30.7 Å². The van der Waals surface area contributed by atoms with Crippen LogP contribution in [0, 0.1) is 5.82 Å². The van der Waals surface area contributed by atoms with Crippen LogP contribution in [0.5, 0.6) is 11.6 Å². The highest BCUT2D eigenvalue weighted by molar-refractivity contribution is 6.32. The van der Waals surface area contributed by atoms with Crippen molar-refractivity contribution >= 4 is 17.6 Å². The van der Waals surface area contributed by atoms with Crippen molar-refractivity contribution in [1.29, 1.82) is 0 Å². The predicted octanol–water partition coefficient (Wildman–Crippen LogP) is 3.84. The number of aromatic nitrogens is 3. The second-order valence-corrected chi connectivity index (χ2v) is 6.34. The van der Waals surface area contributed by atoms with Gasteiger partial charge in [-0.2, -0.15) is 4.98 Å². The molecular formula is C18H15ClFN3O5. The van der Waals surface area contributed by atoms with Gasteiger partial charge in [0.15, 0.2) is 18.2 Å². The van der Waals surface area contributed by atoms with Gasteiger partial charge in [0.25, 0.3) is 5.89 Å². The van der Waals surface area contributed by atoms with E-state index in [0.717, 1.165) is 6.07 Å². The molecule has 0 saturated carbocycles. The van der Waals surface area contributed by atoms with Gasteiger partial charge >= 0.3 is 5.97 Å². The van der Waals surface area contributed by atoms with E-state index in [0.29, 0.717) is 17.0 Å². The maximum Gasteiger partial charge on any atom is 0.341 e. The summed E-state index contributed by atoms with van der Waals surface area (Å²) in [6.07, 6.45) is 1.40. The Hall–Kier alpha value is -3.20. The minimum atomic E-state index is -1.21. The van der Waals surface area contributed by atoms with Crippen molar-refractivity contribution in [3.8, 4) is 34.5 Å². The molecule has 8 nitrogen and oxygen atoms in total. The van der Waals surface area contributed by atoms with Crippen LogP contribution in [0.3, 0.4) is 0 Å². The summed E-state index contributed by atoms with van der Waals surface area (Å²) >= 11 is 6.15. The number of carboxylic acids is 1. The van der Waals surface area contributed by atoms with Crippen molar-refractivity contribution in [3.05, 3.63) is 41.3 Å². The summed E-state index contributed by atoms with van der Waals surface area (Å²) in [6.45, 7) is 3.06. The third-order valence-electron chi connectivity index (χ3n) is 3.37. The molecule has 0 bridgehead atoms. The molecule has 3 aromatic rings. The van der Waals surface area contributed by atoms with E-state index >= 15 is 0 Å². The van der Waals surface area contributed by atoms with Gasteiger partial charge in [-0.25, -0.2) is 14.2 Å². The zero-order valence-corrected chi connectivity index (χ0v) is 15.6. The molecule has 3 rings (SSSR count). The molecule has 0 unspecified atom stereocenters. The molecule has 1 aromatic carbocycles. The van der Waals surface area contributed by atoms with E-state index in [-0.39, 0.29) is 28.6 Å². The number of halogens is 2. The number of pyridine rings is 1. The molecule has 10 heteroatoms. The van der Waals surface area contributed by atoms with Crippen LogP contribution in [0.4, 0.5) is 4.39 Å². The summed E-state index contributed by atoms with van der Waals surface area (Å²) in [5, 5.41) is 12.7. The fourth-order valence-corrected chi connectivity index (χ4v) is 2.42. The van der Waals surface area contributed by atoms with Crippen molar-refractivity contribution < 1.29 is 28.3 Å². The van der Waals surface area contributed by atoms with Crippen molar-refractivity contribution in [2.24, 2.45) is 0 Å². The molecule has 1 N–H and O–H groups in total. The summed E-state index contributed by atoms with van der Waals surface area (Å²) in [5.41, 5.74) is 0.802. The smallest absolute Gasteiger partial charge is 0.341 e. The highest BCUT2D eigenvalue weighted by Crippen LogP contribution is 2.30. The zero-order chi connectivity index (χ0) is 20.3. The van der Waals surface area contributed by atoms with E-state index in [2.05, 4.69) is 15.1 Å². The maximum atomic E-state index is 14.1. The summed E-state index contributed by atoms with van der Waals surface area (Å²) in [7, 11) is 0. The van der Waals surface area contributed by atoms with E-state index in [9.17, 15) is 9.18 Å². The lowest BCUT2D eigenvalue weighted by Gasteiger charge is -2.09. The van der Waals surface area contributed by atoms with E-state index in [1.54, 1.807) is 6.07 Å². The SMILES string of the molecule is CC(C)Oc1ncc(-c2nc(-c3ccc(OCC(=O)O)c(F)c3)no2)cc1Cl. The van der Waals surface area contributed by atoms with Crippen LogP contribution in [0.2, 0.25) is 5.02 Å². The molecule has 2 heterocycles. The predicted molar refractivity (Wildman–Crippen MR) is 96.8 cm³/mol. The van der Waals surface area contributed by atoms with Gasteiger partial charge in [-0.05, 0) is 38.1 Å². The molecule has 0 saturated heterocycles. The molecule has 2 aromatic heterocycles. The van der Waals surface area contributed by atoms with Crippen LogP contribution >= 0.6 is 11.6 Å². The first kappa shape index (κ1) is 19.6. The lowest BCUT2D eigenvalue weighted by atomic mass is 10.2. The number of ether oxygens (including phenoxy) is 2. The van der Waals surface area contributed by atoms with Crippen LogP contribution in [0.1, 0.15) is 13.8 Å². The second-order valence-electron chi connectivity index (χ2n) is 5.93. The Morgan fingerprint density at radius 3 is 2.75 bits per heavy atom. The molecule has 146 valence electrons. The number of carbonyl (C=O) groups is 1. The minimum Gasteiger partial charge on any atom is -0.479 e. The number of rotatable bonds is 7. The molecule has 28 heavy (non-hydrogen) atoms. The van der Waals surface area contributed by atoms with E-state index in [1.165, 1.54) is 18.3 Å². The Morgan fingerprint density at radius 1 is 1.32 bits per heavy atom. The van der Waals surface area contributed by atoms with Gasteiger partial charge < -0.3 is 19.1 Å². The Bertz CT molecular complexity index is 1010. The van der Waals surface area contributed by atoms with Crippen LogP contribution < -0.4 is 9.47 Å². The van der Waals surface area contributed by atoms with Crippen LogP contribution in [0.15, 0.2) is 35.0 Å². The Labute approximate surface area is 163 Å². The first-order chi connectivity index (χ1) is 13.3. The topological polar surface area (TPSA) is 108 Å². The van der Waals surface area contributed by atoms with Crippen LogP contribution in [-0.2, 0) is 4.79 Å². The van der Waals surface area contributed by atoms with Gasteiger partial charge in [0.05, 0.1) is 11.7 Å².